The Hall–Kier alpha value is -1.09. The molecule has 0 radical (unpaired) electrons. The van der Waals surface area contributed by atoms with E-state index in [1.165, 1.54) is 16.8 Å². The van der Waals surface area contributed by atoms with Gasteiger partial charge < -0.3 is 17.0 Å². The Labute approximate surface area is 120 Å². The van der Waals surface area contributed by atoms with Crippen LogP contribution in [0.4, 0.5) is 0 Å². The summed E-state index contributed by atoms with van der Waals surface area (Å²) in [6, 6.07) is 6.62. The van der Waals surface area contributed by atoms with Crippen LogP contribution in [0, 0.1) is 0 Å². The minimum absolute atomic E-state index is 0. The Bertz CT molecular complexity index is 461. The molecule has 0 spiro atoms. The molecule has 2 nitrogen and oxygen atoms in total. The number of imidazole rings is 1. The van der Waals surface area contributed by atoms with Crippen LogP contribution in [-0.4, -0.2) is 4.98 Å². The molecule has 0 amide bonds. The number of aromatic nitrogens is 2. The number of hydrogen-bond acceptors (Lipinski definition) is 0. The van der Waals surface area contributed by atoms with Gasteiger partial charge in [0.25, 0.3) is 0 Å². The molecule has 1 heterocycles. The van der Waals surface area contributed by atoms with Crippen molar-refractivity contribution in [2.24, 2.45) is 0 Å². The maximum atomic E-state index is 3.12. The van der Waals surface area contributed by atoms with Gasteiger partial charge in [0.2, 0.25) is 6.33 Å². The number of benzene rings is 1. The van der Waals surface area contributed by atoms with E-state index in [1.807, 2.05) is 12.5 Å². The predicted molar refractivity (Wildman–Crippen MR) is 70.5 cm³/mol. The van der Waals surface area contributed by atoms with Crippen LogP contribution in [0.5, 0.6) is 0 Å². The third kappa shape index (κ3) is 2.83. The Morgan fingerprint density at radius 1 is 1.00 bits per heavy atom. The van der Waals surface area contributed by atoms with Crippen molar-refractivity contribution in [2.75, 3.05) is 0 Å². The molecule has 0 saturated heterocycles. The van der Waals surface area contributed by atoms with Crippen LogP contribution in [-0.2, 0) is 0 Å². The summed E-state index contributed by atoms with van der Waals surface area (Å²) in [5.41, 5.74) is 4.14. The number of hydrogen-bond donors (Lipinski definition) is 1. The minimum atomic E-state index is 0. The molecule has 1 N–H and O–H groups in total. The molecule has 2 aromatic rings. The standard InChI is InChI=1S/C15H20N2.BrH/c1-11(2)13-6-5-7-14(12(3)4)15(13)17-9-8-16-10-17;/h5-12H,1-4H3;1H. The van der Waals surface area contributed by atoms with Crippen LogP contribution < -0.4 is 21.5 Å². The summed E-state index contributed by atoms with van der Waals surface area (Å²) >= 11 is 0. The van der Waals surface area contributed by atoms with E-state index < -0.39 is 0 Å². The third-order valence-corrected chi connectivity index (χ3v) is 3.15. The molecule has 18 heavy (non-hydrogen) atoms. The van der Waals surface area contributed by atoms with E-state index in [2.05, 4.69) is 61.6 Å². The summed E-state index contributed by atoms with van der Waals surface area (Å²) in [6.07, 6.45) is 6.04. The molecule has 1 aromatic heterocycles. The lowest BCUT2D eigenvalue weighted by molar-refractivity contribution is -0.595. The first-order valence-corrected chi connectivity index (χ1v) is 6.28. The van der Waals surface area contributed by atoms with Gasteiger partial charge in [0.05, 0.1) is 0 Å². The van der Waals surface area contributed by atoms with Crippen molar-refractivity contribution in [1.82, 2.24) is 4.98 Å². The Kier molecular flexibility index (Phi) is 5.15. The quantitative estimate of drug-likeness (QED) is 0.799. The molecule has 3 heteroatoms. The highest BCUT2D eigenvalue weighted by Crippen LogP contribution is 2.27. The van der Waals surface area contributed by atoms with Crippen LogP contribution in [0.3, 0.4) is 0 Å². The maximum Gasteiger partial charge on any atom is 0.246 e. The normalized spacial score (nSPS) is 10.8. The molecular weight excluding hydrogens is 288 g/mol. The number of halogens is 1. The summed E-state index contributed by atoms with van der Waals surface area (Å²) in [5.74, 6) is 1.07. The second kappa shape index (κ2) is 6.19. The number of aromatic amines is 1. The first-order valence-electron chi connectivity index (χ1n) is 6.28. The van der Waals surface area contributed by atoms with Crippen molar-refractivity contribution >= 4 is 0 Å². The van der Waals surface area contributed by atoms with E-state index in [9.17, 15) is 0 Å². The Balaban J connectivity index is 0.00000162. The fraction of sp³-hybridized carbons (Fsp3) is 0.400. The van der Waals surface area contributed by atoms with Crippen LogP contribution in [0.2, 0.25) is 0 Å². The van der Waals surface area contributed by atoms with E-state index in [4.69, 9.17) is 0 Å². The topological polar surface area (TPSA) is 19.7 Å². The zero-order valence-electron chi connectivity index (χ0n) is 11.4. The second-order valence-corrected chi connectivity index (χ2v) is 5.11. The molecule has 0 aliphatic heterocycles. The van der Waals surface area contributed by atoms with E-state index in [1.54, 1.807) is 0 Å². The highest BCUT2D eigenvalue weighted by atomic mass is 79.9. The number of nitrogens with one attached hydrogen (secondary N) is 1. The molecule has 0 atom stereocenters. The second-order valence-electron chi connectivity index (χ2n) is 5.11. The average Bonchev–Trinajstić information content (AvgIpc) is 2.80. The van der Waals surface area contributed by atoms with Gasteiger partial charge in [-0.15, -0.1) is 0 Å². The largest absolute Gasteiger partial charge is 1.00 e. The molecular formula is C15H21BrN2. The molecule has 0 fully saturated rings. The van der Waals surface area contributed by atoms with Crippen molar-refractivity contribution in [3.63, 3.8) is 0 Å². The van der Waals surface area contributed by atoms with Crippen LogP contribution >= 0.6 is 0 Å². The summed E-state index contributed by atoms with van der Waals surface area (Å²) in [5, 5.41) is 0. The lowest BCUT2D eigenvalue weighted by atomic mass is 9.92. The lowest BCUT2D eigenvalue weighted by Crippen LogP contribution is -3.00. The summed E-state index contributed by atoms with van der Waals surface area (Å²) in [7, 11) is 0. The van der Waals surface area contributed by atoms with Crippen LogP contribution in [0.15, 0.2) is 36.9 Å². The number of para-hydroxylation sites is 1. The molecule has 1 aromatic carbocycles. The fourth-order valence-electron chi connectivity index (χ4n) is 2.24. The van der Waals surface area contributed by atoms with Gasteiger partial charge in [-0.1, -0.05) is 45.9 Å². The van der Waals surface area contributed by atoms with Crippen molar-refractivity contribution in [3.05, 3.63) is 48.0 Å². The zero-order chi connectivity index (χ0) is 12.4. The van der Waals surface area contributed by atoms with Crippen molar-refractivity contribution in [2.45, 2.75) is 39.5 Å². The molecule has 0 bridgehead atoms. The van der Waals surface area contributed by atoms with Gasteiger partial charge in [0.15, 0.2) is 0 Å². The average molecular weight is 309 g/mol. The van der Waals surface area contributed by atoms with Crippen molar-refractivity contribution in [1.29, 1.82) is 0 Å². The molecule has 98 valence electrons. The number of rotatable bonds is 3. The van der Waals surface area contributed by atoms with E-state index in [0.717, 1.165) is 0 Å². The predicted octanol–water partition coefficient (Wildman–Crippen LogP) is 0.542. The van der Waals surface area contributed by atoms with Gasteiger partial charge in [0.1, 0.15) is 18.1 Å². The van der Waals surface area contributed by atoms with Gasteiger partial charge in [-0.3, -0.25) is 0 Å². The van der Waals surface area contributed by atoms with Crippen LogP contribution in [0.25, 0.3) is 5.69 Å². The smallest absolute Gasteiger partial charge is 0.246 e. The lowest BCUT2D eigenvalue weighted by Gasteiger charge is -2.16. The van der Waals surface area contributed by atoms with E-state index in [-0.39, 0.29) is 17.0 Å². The van der Waals surface area contributed by atoms with Gasteiger partial charge in [0, 0.05) is 11.1 Å². The summed E-state index contributed by atoms with van der Waals surface area (Å²) in [6.45, 7) is 8.98. The fourth-order valence-corrected chi connectivity index (χ4v) is 2.24. The highest BCUT2D eigenvalue weighted by Gasteiger charge is 2.18. The van der Waals surface area contributed by atoms with Gasteiger partial charge in [-0.2, -0.15) is 0 Å². The summed E-state index contributed by atoms with van der Waals surface area (Å²) in [4.78, 5) is 3.12. The Morgan fingerprint density at radius 3 is 1.94 bits per heavy atom. The van der Waals surface area contributed by atoms with E-state index in [0.29, 0.717) is 11.8 Å². The first kappa shape index (κ1) is 15.0. The van der Waals surface area contributed by atoms with Gasteiger partial charge in [-0.05, 0) is 11.8 Å². The molecule has 0 unspecified atom stereocenters. The maximum absolute atomic E-state index is 3.12. The zero-order valence-corrected chi connectivity index (χ0v) is 13.0. The first-order chi connectivity index (χ1) is 8.11. The minimum Gasteiger partial charge on any atom is -1.00 e. The van der Waals surface area contributed by atoms with Crippen molar-refractivity contribution in [3.8, 4) is 5.69 Å². The third-order valence-electron chi connectivity index (χ3n) is 3.15. The molecule has 0 aliphatic carbocycles. The SMILES string of the molecule is CC(C)c1cccc(C(C)C)c1-[n+]1cc[nH]c1.[Br-]. The Morgan fingerprint density at radius 2 is 1.56 bits per heavy atom. The monoisotopic (exact) mass is 308 g/mol. The van der Waals surface area contributed by atoms with Gasteiger partial charge in [-0.25, -0.2) is 9.55 Å². The highest BCUT2D eigenvalue weighted by molar-refractivity contribution is 5.45. The van der Waals surface area contributed by atoms with E-state index >= 15 is 0 Å². The van der Waals surface area contributed by atoms with Crippen LogP contribution in [0.1, 0.15) is 50.7 Å². The summed E-state index contributed by atoms with van der Waals surface area (Å²) < 4.78 is 2.19. The van der Waals surface area contributed by atoms with Crippen molar-refractivity contribution < 1.29 is 21.5 Å². The number of nitrogens with zero attached hydrogens (tertiary/aromatic N) is 1. The molecule has 2 rings (SSSR count). The molecule has 0 aliphatic rings. The molecule has 0 saturated carbocycles. The van der Waals surface area contributed by atoms with Gasteiger partial charge >= 0.3 is 0 Å². The number of H-pyrrole nitrogens is 1.